The van der Waals surface area contributed by atoms with Gasteiger partial charge >= 0.3 is 6.36 Å². The Bertz CT molecular complexity index is 141. The van der Waals surface area contributed by atoms with Crippen LogP contribution in [0.4, 0.5) is 13.2 Å². The van der Waals surface area contributed by atoms with Gasteiger partial charge in [-0.1, -0.05) is 0 Å². The molecule has 1 aliphatic rings. The Labute approximate surface area is 74.7 Å². The number of nitrogens with two attached hydrogens (primary N) is 1. The Morgan fingerprint density at radius 2 is 1.83 bits per heavy atom. The second-order valence-corrected chi connectivity index (χ2v) is 2.76. The summed E-state index contributed by atoms with van der Waals surface area (Å²) in [5, 5.41) is 0. The molecule has 0 aromatic heterocycles. The minimum atomic E-state index is -4.51. The quantitative estimate of drug-likeness (QED) is 0.709. The highest BCUT2D eigenvalue weighted by Gasteiger charge is 2.36. The fourth-order valence-corrected chi connectivity index (χ4v) is 1.27. The third-order valence-electron chi connectivity index (χ3n) is 1.73. The second-order valence-electron chi connectivity index (χ2n) is 2.76. The Balaban J connectivity index is 0.00000121. The van der Waals surface area contributed by atoms with Gasteiger partial charge in [0.2, 0.25) is 0 Å². The third kappa shape index (κ3) is 4.13. The van der Waals surface area contributed by atoms with Crippen molar-refractivity contribution in [2.24, 2.45) is 5.73 Å². The van der Waals surface area contributed by atoms with Gasteiger partial charge in [-0.2, -0.15) is 0 Å². The van der Waals surface area contributed by atoms with E-state index in [4.69, 9.17) is 5.73 Å². The van der Waals surface area contributed by atoms with Crippen molar-refractivity contribution in [2.75, 3.05) is 0 Å². The van der Waals surface area contributed by atoms with E-state index >= 15 is 0 Å². The van der Waals surface area contributed by atoms with E-state index < -0.39 is 12.5 Å². The molecule has 0 amide bonds. The zero-order valence-corrected chi connectivity index (χ0v) is 7.12. The molecule has 6 heteroatoms. The van der Waals surface area contributed by atoms with E-state index in [-0.39, 0.29) is 18.4 Å². The minimum absolute atomic E-state index is 0. The smallest absolute Gasteiger partial charge is 0.328 e. The van der Waals surface area contributed by atoms with Gasteiger partial charge in [-0.25, -0.2) is 0 Å². The van der Waals surface area contributed by atoms with Crippen LogP contribution in [0, 0.1) is 0 Å². The van der Waals surface area contributed by atoms with Crippen LogP contribution >= 0.6 is 12.4 Å². The second kappa shape index (κ2) is 4.30. The van der Waals surface area contributed by atoms with E-state index in [1.54, 1.807) is 0 Å². The molecule has 0 spiro atoms. The first kappa shape index (κ1) is 12.0. The molecule has 0 aromatic carbocycles. The Kier molecular flexibility index (Phi) is 4.30. The molecule has 0 unspecified atom stereocenters. The molecule has 0 radical (unpaired) electrons. The van der Waals surface area contributed by atoms with E-state index in [0.29, 0.717) is 19.3 Å². The third-order valence-corrected chi connectivity index (χ3v) is 1.73. The van der Waals surface area contributed by atoms with Gasteiger partial charge in [0.05, 0.1) is 6.10 Å². The molecule has 74 valence electrons. The van der Waals surface area contributed by atoms with Crippen LogP contribution in [-0.2, 0) is 4.74 Å². The molecule has 0 saturated heterocycles. The highest BCUT2D eigenvalue weighted by Crippen LogP contribution is 2.27. The van der Waals surface area contributed by atoms with Crippen LogP contribution in [-0.4, -0.2) is 18.5 Å². The van der Waals surface area contributed by atoms with Crippen molar-refractivity contribution in [3.8, 4) is 0 Å². The first-order valence-electron chi connectivity index (χ1n) is 3.47. The molecule has 2 N–H and O–H groups in total. The van der Waals surface area contributed by atoms with Gasteiger partial charge in [-0.05, 0) is 19.3 Å². The van der Waals surface area contributed by atoms with Crippen LogP contribution in [0.25, 0.3) is 0 Å². The molecule has 2 atom stereocenters. The average molecular weight is 206 g/mol. The SMILES string of the molecule is Cl.N[C@@H]1CC[C@H](OC(F)(F)F)C1. The van der Waals surface area contributed by atoms with Gasteiger partial charge in [-0.3, -0.25) is 4.74 Å². The lowest BCUT2D eigenvalue weighted by atomic mass is 10.3. The van der Waals surface area contributed by atoms with Crippen molar-refractivity contribution in [1.82, 2.24) is 0 Å². The predicted octanol–water partition coefficient (Wildman–Crippen LogP) is 1.82. The molecule has 1 saturated carbocycles. The molecule has 0 aliphatic heterocycles. The van der Waals surface area contributed by atoms with E-state index in [0.717, 1.165) is 0 Å². The molecule has 1 fully saturated rings. The van der Waals surface area contributed by atoms with Crippen molar-refractivity contribution in [3.05, 3.63) is 0 Å². The summed E-state index contributed by atoms with van der Waals surface area (Å²) in [5.74, 6) is 0. The lowest BCUT2D eigenvalue weighted by Gasteiger charge is -2.13. The maximum absolute atomic E-state index is 11.6. The van der Waals surface area contributed by atoms with Gasteiger partial charge in [0.1, 0.15) is 0 Å². The molecule has 0 bridgehead atoms. The topological polar surface area (TPSA) is 35.2 Å². The summed E-state index contributed by atoms with van der Waals surface area (Å²) < 4.78 is 38.5. The van der Waals surface area contributed by atoms with E-state index in [1.165, 1.54) is 0 Å². The lowest BCUT2D eigenvalue weighted by molar-refractivity contribution is -0.341. The number of ether oxygens (including phenoxy) is 1. The van der Waals surface area contributed by atoms with Crippen molar-refractivity contribution >= 4 is 12.4 Å². The summed E-state index contributed by atoms with van der Waals surface area (Å²) in [4.78, 5) is 0. The number of halogens is 4. The zero-order valence-electron chi connectivity index (χ0n) is 6.30. The average Bonchev–Trinajstić information content (AvgIpc) is 2.10. The van der Waals surface area contributed by atoms with Crippen LogP contribution in [0.3, 0.4) is 0 Å². The van der Waals surface area contributed by atoms with Crippen molar-refractivity contribution in [3.63, 3.8) is 0 Å². The molecule has 1 aliphatic carbocycles. The van der Waals surface area contributed by atoms with Crippen LogP contribution < -0.4 is 5.73 Å². The summed E-state index contributed by atoms with van der Waals surface area (Å²) in [7, 11) is 0. The summed E-state index contributed by atoms with van der Waals surface area (Å²) in [6.07, 6.45) is -3.86. The van der Waals surface area contributed by atoms with Gasteiger partial charge in [0.25, 0.3) is 0 Å². The fourth-order valence-electron chi connectivity index (χ4n) is 1.27. The standard InChI is InChI=1S/C6H10F3NO.ClH/c7-6(8,9)11-5-2-1-4(10)3-5;/h4-5H,1-3,10H2;1H/t4-,5+;/m1./s1. The van der Waals surface area contributed by atoms with Gasteiger partial charge in [-0.15, -0.1) is 25.6 Å². The van der Waals surface area contributed by atoms with Crippen LogP contribution in [0.5, 0.6) is 0 Å². The molecule has 12 heavy (non-hydrogen) atoms. The molecule has 1 rings (SSSR count). The fraction of sp³-hybridized carbons (Fsp3) is 1.00. The monoisotopic (exact) mass is 205 g/mol. The van der Waals surface area contributed by atoms with Crippen LogP contribution in [0.15, 0.2) is 0 Å². The number of alkyl halides is 3. The summed E-state index contributed by atoms with van der Waals surface area (Å²) in [6.45, 7) is 0. The maximum atomic E-state index is 11.6. The Morgan fingerprint density at radius 3 is 2.17 bits per heavy atom. The van der Waals surface area contributed by atoms with Gasteiger partial charge in [0.15, 0.2) is 0 Å². The van der Waals surface area contributed by atoms with Crippen molar-refractivity contribution in [2.45, 2.75) is 37.8 Å². The van der Waals surface area contributed by atoms with Gasteiger partial charge < -0.3 is 5.73 Å². The first-order chi connectivity index (χ1) is 4.97. The highest BCUT2D eigenvalue weighted by molar-refractivity contribution is 5.85. The van der Waals surface area contributed by atoms with Crippen LogP contribution in [0.2, 0.25) is 0 Å². The molecule has 0 aromatic rings. The summed E-state index contributed by atoms with van der Waals surface area (Å²) in [5.41, 5.74) is 5.40. The molecule has 0 heterocycles. The predicted molar refractivity (Wildman–Crippen MR) is 40.0 cm³/mol. The normalized spacial score (nSPS) is 30.0. The number of hydrogen-bond donors (Lipinski definition) is 1. The Morgan fingerprint density at radius 1 is 1.25 bits per heavy atom. The van der Waals surface area contributed by atoms with Gasteiger partial charge in [0, 0.05) is 6.04 Å². The highest BCUT2D eigenvalue weighted by atomic mass is 35.5. The first-order valence-corrected chi connectivity index (χ1v) is 3.47. The lowest BCUT2D eigenvalue weighted by Crippen LogP contribution is -2.23. The largest absolute Gasteiger partial charge is 0.522 e. The molecular weight excluding hydrogens is 195 g/mol. The number of hydrogen-bond acceptors (Lipinski definition) is 2. The van der Waals surface area contributed by atoms with Crippen LogP contribution in [0.1, 0.15) is 19.3 Å². The summed E-state index contributed by atoms with van der Waals surface area (Å²) >= 11 is 0. The molecule has 2 nitrogen and oxygen atoms in total. The van der Waals surface area contributed by atoms with E-state index in [1.807, 2.05) is 0 Å². The Hall–Kier alpha value is -0.0000000000000000555. The van der Waals surface area contributed by atoms with E-state index in [9.17, 15) is 13.2 Å². The van der Waals surface area contributed by atoms with Crippen molar-refractivity contribution in [1.29, 1.82) is 0 Å². The summed E-state index contributed by atoms with van der Waals surface area (Å²) in [6, 6.07) is -0.123. The minimum Gasteiger partial charge on any atom is -0.328 e. The van der Waals surface area contributed by atoms with Crippen molar-refractivity contribution < 1.29 is 17.9 Å². The maximum Gasteiger partial charge on any atom is 0.522 e. The van der Waals surface area contributed by atoms with E-state index in [2.05, 4.69) is 4.74 Å². The number of rotatable bonds is 1. The molecular formula is C6H11ClF3NO. The zero-order chi connectivity index (χ0) is 8.48.